The molecule has 2 heterocycles. The monoisotopic (exact) mass is 477 g/mol. The van der Waals surface area contributed by atoms with E-state index in [4.69, 9.17) is 5.10 Å². The van der Waals surface area contributed by atoms with Crippen LogP contribution in [0.2, 0.25) is 0 Å². The highest BCUT2D eigenvalue weighted by Crippen LogP contribution is 2.43. The molecule has 8 heteroatoms. The highest BCUT2D eigenvalue weighted by Gasteiger charge is 2.36. The first-order valence-electron chi connectivity index (χ1n) is 10.7. The van der Waals surface area contributed by atoms with Crippen LogP contribution in [-0.4, -0.2) is 31.4 Å². The summed E-state index contributed by atoms with van der Waals surface area (Å²) in [7, 11) is 0. The lowest BCUT2D eigenvalue weighted by molar-refractivity contribution is -0.128. The van der Waals surface area contributed by atoms with E-state index in [1.54, 1.807) is 65.0 Å². The first-order chi connectivity index (χ1) is 16.4. The summed E-state index contributed by atoms with van der Waals surface area (Å²) in [5.74, 6) is -0.160. The van der Waals surface area contributed by atoms with Gasteiger partial charge in [-0.15, -0.1) is 11.8 Å². The van der Waals surface area contributed by atoms with Crippen LogP contribution in [0.15, 0.2) is 72.9 Å². The van der Waals surface area contributed by atoms with Crippen LogP contribution >= 0.6 is 11.8 Å². The molecule has 1 aromatic heterocycles. The van der Waals surface area contributed by atoms with Gasteiger partial charge < -0.3 is 10.0 Å². The number of aryl methyl sites for hydroxylation is 1. The zero-order chi connectivity index (χ0) is 23.8. The molecule has 172 valence electrons. The molecule has 1 amide bonds. The molecule has 1 atom stereocenters. The molecule has 1 saturated heterocycles. The first-order valence-corrected chi connectivity index (χ1v) is 11.7. The third kappa shape index (κ3) is 4.28. The highest BCUT2D eigenvalue weighted by molar-refractivity contribution is 8.00. The number of halogens is 2. The van der Waals surface area contributed by atoms with Gasteiger partial charge in [0.2, 0.25) is 5.91 Å². The van der Waals surface area contributed by atoms with Gasteiger partial charge in [-0.2, -0.15) is 5.10 Å². The number of phenols is 1. The van der Waals surface area contributed by atoms with Gasteiger partial charge in [0.05, 0.1) is 17.1 Å². The molecule has 0 bridgehead atoms. The quantitative estimate of drug-likeness (QED) is 0.406. The molecule has 1 aliphatic heterocycles. The third-order valence-corrected chi connectivity index (χ3v) is 7.03. The Morgan fingerprint density at radius 3 is 2.50 bits per heavy atom. The number of hydrogen-bond donors (Lipinski definition) is 1. The molecule has 5 rings (SSSR count). The molecule has 0 spiro atoms. The van der Waals surface area contributed by atoms with Crippen LogP contribution in [-0.2, 0) is 11.3 Å². The minimum absolute atomic E-state index is 0.00138. The lowest BCUT2D eigenvalue weighted by atomic mass is 10.1. The van der Waals surface area contributed by atoms with E-state index in [0.29, 0.717) is 29.2 Å². The van der Waals surface area contributed by atoms with E-state index in [0.717, 1.165) is 16.7 Å². The second-order valence-electron chi connectivity index (χ2n) is 8.17. The number of rotatable bonds is 5. The van der Waals surface area contributed by atoms with E-state index in [-0.39, 0.29) is 28.7 Å². The highest BCUT2D eigenvalue weighted by atomic mass is 32.2. The summed E-state index contributed by atoms with van der Waals surface area (Å²) < 4.78 is 29.1. The van der Waals surface area contributed by atoms with E-state index in [1.807, 2.05) is 6.20 Å². The molecule has 1 aliphatic rings. The molecular weight excluding hydrogens is 456 g/mol. The van der Waals surface area contributed by atoms with Crippen molar-refractivity contribution >= 4 is 17.7 Å². The predicted molar refractivity (Wildman–Crippen MR) is 128 cm³/mol. The Hall–Kier alpha value is -3.65. The molecule has 5 nitrogen and oxygen atoms in total. The maximum atomic E-state index is 13.8. The number of carbonyl (C=O) groups is 1. The predicted octanol–water partition coefficient (Wildman–Crippen LogP) is 5.61. The Bertz CT molecular complexity index is 1350. The number of aromatic nitrogens is 2. The van der Waals surface area contributed by atoms with Gasteiger partial charge in [0.1, 0.15) is 22.8 Å². The van der Waals surface area contributed by atoms with Crippen molar-refractivity contribution in [3.63, 3.8) is 0 Å². The fourth-order valence-electron chi connectivity index (χ4n) is 3.98. The van der Waals surface area contributed by atoms with Gasteiger partial charge in [-0.1, -0.05) is 12.1 Å². The standard InChI is InChI=1S/C26H21F2N3O2S/c1-16-12-20(8-11-23(16)28)31-14-22(25(29-31)18-4-6-19(27)7-5-18)26-30(24(33)15-34-26)13-17-2-9-21(32)10-3-17/h2-12,14,26,32H,13,15H2,1H3/t26-/m1/s1. The van der Waals surface area contributed by atoms with Crippen LogP contribution in [0.5, 0.6) is 5.75 Å². The van der Waals surface area contributed by atoms with Crippen molar-refractivity contribution in [1.29, 1.82) is 0 Å². The molecule has 0 radical (unpaired) electrons. The van der Waals surface area contributed by atoms with E-state index in [2.05, 4.69) is 0 Å². The second-order valence-corrected chi connectivity index (χ2v) is 9.24. The van der Waals surface area contributed by atoms with Crippen LogP contribution in [0.25, 0.3) is 16.9 Å². The molecule has 3 aromatic carbocycles. The van der Waals surface area contributed by atoms with E-state index >= 15 is 0 Å². The number of aromatic hydroxyl groups is 1. The van der Waals surface area contributed by atoms with Crippen LogP contribution in [0.3, 0.4) is 0 Å². The van der Waals surface area contributed by atoms with Crippen molar-refractivity contribution in [2.24, 2.45) is 0 Å². The Kier molecular flexibility index (Phi) is 5.83. The molecule has 0 aliphatic carbocycles. The summed E-state index contributed by atoms with van der Waals surface area (Å²) in [5, 5.41) is 14.0. The number of hydrogen-bond acceptors (Lipinski definition) is 4. The van der Waals surface area contributed by atoms with E-state index < -0.39 is 0 Å². The van der Waals surface area contributed by atoms with Crippen molar-refractivity contribution < 1.29 is 18.7 Å². The van der Waals surface area contributed by atoms with E-state index in [1.165, 1.54) is 30.0 Å². The smallest absolute Gasteiger partial charge is 0.234 e. The Balaban J connectivity index is 1.58. The van der Waals surface area contributed by atoms with Crippen LogP contribution < -0.4 is 0 Å². The molecule has 0 saturated carbocycles. The molecule has 34 heavy (non-hydrogen) atoms. The zero-order valence-electron chi connectivity index (χ0n) is 18.3. The van der Waals surface area contributed by atoms with E-state index in [9.17, 15) is 18.7 Å². The molecule has 1 N–H and O–H groups in total. The number of thioether (sulfide) groups is 1. The van der Waals surface area contributed by atoms with Gasteiger partial charge in [-0.3, -0.25) is 4.79 Å². The SMILES string of the molecule is Cc1cc(-n2cc([C@H]3SCC(=O)N3Cc3ccc(O)cc3)c(-c3ccc(F)cc3)n2)ccc1F. The Morgan fingerprint density at radius 1 is 1.06 bits per heavy atom. The molecule has 1 fully saturated rings. The van der Waals surface area contributed by atoms with Crippen molar-refractivity contribution in [3.8, 4) is 22.7 Å². The minimum Gasteiger partial charge on any atom is -0.508 e. The maximum Gasteiger partial charge on any atom is 0.234 e. The maximum absolute atomic E-state index is 13.8. The lowest BCUT2D eigenvalue weighted by Gasteiger charge is -2.24. The summed E-state index contributed by atoms with van der Waals surface area (Å²) >= 11 is 1.50. The Morgan fingerprint density at radius 2 is 1.79 bits per heavy atom. The molecular formula is C26H21F2N3O2S. The fourth-order valence-corrected chi connectivity index (χ4v) is 5.17. The van der Waals surface area contributed by atoms with Gasteiger partial charge in [-0.05, 0) is 72.6 Å². The van der Waals surface area contributed by atoms with Gasteiger partial charge in [0.25, 0.3) is 0 Å². The van der Waals surface area contributed by atoms with Gasteiger partial charge in [-0.25, -0.2) is 13.5 Å². The zero-order valence-corrected chi connectivity index (χ0v) is 19.1. The number of carbonyl (C=O) groups excluding carboxylic acids is 1. The second kappa shape index (κ2) is 8.95. The van der Waals surface area contributed by atoms with Crippen LogP contribution in [0.4, 0.5) is 8.78 Å². The van der Waals surface area contributed by atoms with Crippen molar-refractivity contribution in [3.05, 3.63) is 101 Å². The van der Waals surface area contributed by atoms with Crippen LogP contribution in [0, 0.1) is 18.6 Å². The van der Waals surface area contributed by atoms with Crippen molar-refractivity contribution in [2.45, 2.75) is 18.8 Å². The largest absolute Gasteiger partial charge is 0.508 e. The third-order valence-electron chi connectivity index (χ3n) is 5.79. The summed E-state index contributed by atoms with van der Waals surface area (Å²) in [4.78, 5) is 14.6. The van der Waals surface area contributed by atoms with Gasteiger partial charge in [0.15, 0.2) is 0 Å². The average molecular weight is 478 g/mol. The number of benzene rings is 3. The molecule has 0 unspecified atom stereocenters. The lowest BCUT2D eigenvalue weighted by Crippen LogP contribution is -2.27. The first kappa shape index (κ1) is 22.2. The number of nitrogens with zero attached hydrogens (tertiary/aromatic N) is 3. The topological polar surface area (TPSA) is 58.4 Å². The van der Waals surface area contributed by atoms with Crippen molar-refractivity contribution in [1.82, 2.24) is 14.7 Å². The minimum atomic E-state index is -0.349. The normalized spacial score (nSPS) is 15.8. The summed E-state index contributed by atoms with van der Waals surface area (Å²) in [6.45, 7) is 2.06. The number of amides is 1. The number of phenolic OH excluding ortho intramolecular Hbond substituents is 1. The average Bonchev–Trinajstić information content (AvgIpc) is 3.42. The summed E-state index contributed by atoms with van der Waals surface area (Å²) in [5.41, 5.74) is 4.24. The summed E-state index contributed by atoms with van der Waals surface area (Å²) in [6, 6.07) is 17.6. The fraction of sp³-hybridized carbons (Fsp3) is 0.154. The van der Waals surface area contributed by atoms with Crippen molar-refractivity contribution in [2.75, 3.05) is 5.75 Å². The Labute approximate surface area is 199 Å². The van der Waals surface area contributed by atoms with Gasteiger partial charge in [0, 0.05) is 23.9 Å². The summed E-state index contributed by atoms with van der Waals surface area (Å²) in [6.07, 6.45) is 1.85. The van der Waals surface area contributed by atoms with Gasteiger partial charge >= 0.3 is 0 Å². The van der Waals surface area contributed by atoms with Crippen LogP contribution in [0.1, 0.15) is 22.1 Å². The molecule has 4 aromatic rings.